The number of nitrogens with zero attached hydrogens (tertiary/aromatic N) is 1. The first-order chi connectivity index (χ1) is 21.6. The molecule has 0 bridgehead atoms. The molecular formula is C43H43N. The molecule has 3 aliphatic carbocycles. The second-order valence-corrected chi connectivity index (χ2v) is 13.8. The predicted molar refractivity (Wildman–Crippen MR) is 187 cm³/mol. The normalized spacial score (nSPS) is 17.0. The van der Waals surface area contributed by atoms with Crippen LogP contribution < -0.4 is 4.90 Å². The van der Waals surface area contributed by atoms with Gasteiger partial charge in [-0.25, -0.2) is 0 Å². The van der Waals surface area contributed by atoms with Crippen molar-refractivity contribution in [3.63, 3.8) is 0 Å². The Morgan fingerprint density at radius 1 is 0.568 bits per heavy atom. The van der Waals surface area contributed by atoms with Crippen molar-refractivity contribution in [2.45, 2.75) is 83.0 Å². The third-order valence-electron chi connectivity index (χ3n) is 10.9. The second-order valence-electron chi connectivity index (χ2n) is 13.8. The molecule has 1 heteroatoms. The Hall–Kier alpha value is -4.10. The molecular weight excluding hydrogens is 530 g/mol. The molecule has 0 heterocycles. The lowest BCUT2D eigenvalue weighted by molar-refractivity contribution is 0.444. The van der Waals surface area contributed by atoms with Crippen LogP contribution in [0.15, 0.2) is 109 Å². The fourth-order valence-corrected chi connectivity index (χ4v) is 8.55. The highest BCUT2D eigenvalue weighted by Crippen LogP contribution is 2.51. The van der Waals surface area contributed by atoms with Crippen molar-refractivity contribution in [3.8, 4) is 22.3 Å². The van der Waals surface area contributed by atoms with E-state index in [1.54, 1.807) is 11.1 Å². The van der Waals surface area contributed by atoms with E-state index in [1.807, 2.05) is 0 Å². The third-order valence-corrected chi connectivity index (χ3v) is 10.9. The lowest BCUT2D eigenvalue weighted by Crippen LogP contribution is -2.18. The quantitative estimate of drug-likeness (QED) is 0.202. The minimum atomic E-state index is -0.0350. The molecule has 0 spiro atoms. The maximum Gasteiger partial charge on any atom is 0.0496 e. The predicted octanol–water partition coefficient (Wildman–Crippen LogP) is 12.1. The van der Waals surface area contributed by atoms with Crippen LogP contribution >= 0.6 is 0 Å². The lowest BCUT2D eigenvalue weighted by Gasteiger charge is -2.32. The highest BCUT2D eigenvalue weighted by molar-refractivity contribution is 5.86. The maximum atomic E-state index is 2.55. The van der Waals surface area contributed by atoms with Gasteiger partial charge in [-0.2, -0.15) is 0 Å². The van der Waals surface area contributed by atoms with E-state index in [4.69, 9.17) is 0 Å². The smallest absolute Gasteiger partial charge is 0.0496 e. The van der Waals surface area contributed by atoms with Crippen molar-refractivity contribution in [2.24, 2.45) is 0 Å². The Balaban J connectivity index is 1.26. The van der Waals surface area contributed by atoms with Gasteiger partial charge in [0.1, 0.15) is 0 Å². The first-order valence-corrected chi connectivity index (χ1v) is 16.9. The Kier molecular flexibility index (Phi) is 6.93. The van der Waals surface area contributed by atoms with Gasteiger partial charge in [-0.05, 0) is 125 Å². The van der Waals surface area contributed by atoms with Crippen LogP contribution in [0.2, 0.25) is 0 Å². The second kappa shape index (κ2) is 11.1. The van der Waals surface area contributed by atoms with Crippen molar-refractivity contribution in [2.75, 3.05) is 4.90 Å². The van der Waals surface area contributed by atoms with E-state index in [-0.39, 0.29) is 5.41 Å². The number of aryl methyl sites for hydroxylation is 1. The van der Waals surface area contributed by atoms with E-state index in [2.05, 4.69) is 128 Å². The fraction of sp³-hybridized carbons (Fsp3) is 0.302. The van der Waals surface area contributed by atoms with Crippen LogP contribution in [-0.4, -0.2) is 0 Å². The Bertz CT molecular complexity index is 1820. The van der Waals surface area contributed by atoms with Crippen LogP contribution in [0.1, 0.15) is 92.5 Å². The molecule has 1 fully saturated rings. The fourth-order valence-electron chi connectivity index (χ4n) is 8.55. The molecule has 0 amide bonds. The van der Waals surface area contributed by atoms with Crippen molar-refractivity contribution >= 4 is 17.1 Å². The van der Waals surface area contributed by atoms with Crippen LogP contribution in [0.5, 0.6) is 0 Å². The van der Waals surface area contributed by atoms with Crippen LogP contribution in [0, 0.1) is 0 Å². The van der Waals surface area contributed by atoms with Gasteiger partial charge in [0.25, 0.3) is 0 Å². The lowest BCUT2D eigenvalue weighted by atomic mass is 9.82. The standard InChI is InChI=1S/C43H43N/c1-43(2)40-21-10-8-19-38(40)39-28-27-34(29-41(39)43)44(42-22-11-9-18-37(42)31-13-4-3-5-14-31)33-25-23-32(24-26-33)36-20-12-16-30-15-6-7-17-35(30)36/h8-12,16,18-29,31H,3-7,13-15,17H2,1-2H3. The first kappa shape index (κ1) is 27.4. The largest absolute Gasteiger partial charge is 0.310 e. The number of hydrogen-bond donors (Lipinski definition) is 0. The van der Waals surface area contributed by atoms with Gasteiger partial charge in [0.05, 0.1) is 0 Å². The monoisotopic (exact) mass is 573 g/mol. The number of rotatable bonds is 5. The van der Waals surface area contributed by atoms with E-state index in [9.17, 15) is 0 Å². The van der Waals surface area contributed by atoms with Gasteiger partial charge in [0.15, 0.2) is 0 Å². The minimum absolute atomic E-state index is 0.0350. The molecule has 0 aliphatic heterocycles. The maximum absolute atomic E-state index is 2.55. The summed E-state index contributed by atoms with van der Waals surface area (Å²) < 4.78 is 0. The summed E-state index contributed by atoms with van der Waals surface area (Å²) >= 11 is 0. The molecule has 0 atom stereocenters. The topological polar surface area (TPSA) is 3.24 Å². The number of hydrogen-bond acceptors (Lipinski definition) is 1. The Morgan fingerprint density at radius 2 is 1.27 bits per heavy atom. The molecule has 5 aromatic rings. The molecule has 1 nitrogen and oxygen atoms in total. The summed E-state index contributed by atoms with van der Waals surface area (Å²) in [6, 6.07) is 41.8. The molecule has 0 saturated heterocycles. The van der Waals surface area contributed by atoms with Crippen molar-refractivity contribution < 1.29 is 0 Å². The van der Waals surface area contributed by atoms with Gasteiger partial charge in [-0.3, -0.25) is 0 Å². The van der Waals surface area contributed by atoms with E-state index in [1.165, 1.54) is 114 Å². The first-order valence-electron chi connectivity index (χ1n) is 16.9. The van der Waals surface area contributed by atoms with Crippen molar-refractivity contribution in [1.29, 1.82) is 0 Å². The number of benzene rings is 5. The third kappa shape index (κ3) is 4.60. The minimum Gasteiger partial charge on any atom is -0.310 e. The molecule has 3 aliphatic rings. The number of para-hydroxylation sites is 1. The van der Waals surface area contributed by atoms with Crippen LogP contribution in [0.25, 0.3) is 22.3 Å². The molecule has 0 N–H and O–H groups in total. The van der Waals surface area contributed by atoms with Gasteiger partial charge in [-0.15, -0.1) is 0 Å². The zero-order valence-electron chi connectivity index (χ0n) is 26.3. The van der Waals surface area contributed by atoms with Gasteiger partial charge >= 0.3 is 0 Å². The zero-order valence-corrected chi connectivity index (χ0v) is 26.3. The molecule has 1 saturated carbocycles. The van der Waals surface area contributed by atoms with E-state index < -0.39 is 0 Å². The zero-order chi connectivity index (χ0) is 29.7. The summed E-state index contributed by atoms with van der Waals surface area (Å²) in [4.78, 5) is 2.55. The molecule has 8 rings (SSSR count). The van der Waals surface area contributed by atoms with E-state index in [0.29, 0.717) is 5.92 Å². The molecule has 44 heavy (non-hydrogen) atoms. The SMILES string of the molecule is CC1(C)c2ccccc2-c2ccc(N(c3ccc(-c4cccc5c4CCCC5)cc3)c3ccccc3C3CCCCC3)cc21. The summed E-state index contributed by atoms with van der Waals surface area (Å²) in [5.74, 6) is 0.618. The summed E-state index contributed by atoms with van der Waals surface area (Å²) in [6.07, 6.45) is 11.6. The molecule has 220 valence electrons. The van der Waals surface area contributed by atoms with Gasteiger partial charge < -0.3 is 4.90 Å². The van der Waals surface area contributed by atoms with Crippen LogP contribution in [-0.2, 0) is 18.3 Å². The average Bonchev–Trinajstić information content (AvgIpc) is 3.31. The van der Waals surface area contributed by atoms with Crippen LogP contribution in [0.4, 0.5) is 17.1 Å². The molecule has 0 radical (unpaired) electrons. The summed E-state index contributed by atoms with van der Waals surface area (Å²) in [5, 5.41) is 0. The Labute approximate surface area is 263 Å². The molecule has 0 aromatic heterocycles. The van der Waals surface area contributed by atoms with E-state index in [0.717, 1.165) is 0 Å². The molecule has 0 unspecified atom stereocenters. The summed E-state index contributed by atoms with van der Waals surface area (Å²) in [5.41, 5.74) is 16.7. The Morgan fingerprint density at radius 3 is 2.14 bits per heavy atom. The van der Waals surface area contributed by atoms with Gasteiger partial charge in [-0.1, -0.05) is 112 Å². The summed E-state index contributed by atoms with van der Waals surface area (Å²) in [6.45, 7) is 4.77. The van der Waals surface area contributed by atoms with Gasteiger partial charge in [0.2, 0.25) is 0 Å². The molecule has 5 aromatic carbocycles. The highest BCUT2D eigenvalue weighted by atomic mass is 15.1. The van der Waals surface area contributed by atoms with E-state index >= 15 is 0 Å². The van der Waals surface area contributed by atoms with Crippen molar-refractivity contribution in [3.05, 3.63) is 137 Å². The number of anilines is 3. The number of fused-ring (bicyclic) bond motifs is 4. The highest BCUT2D eigenvalue weighted by Gasteiger charge is 2.36. The van der Waals surface area contributed by atoms with Crippen molar-refractivity contribution in [1.82, 2.24) is 0 Å². The van der Waals surface area contributed by atoms with Gasteiger partial charge in [0, 0.05) is 22.5 Å². The van der Waals surface area contributed by atoms with Crippen LogP contribution in [0.3, 0.4) is 0 Å². The summed E-state index contributed by atoms with van der Waals surface area (Å²) in [7, 11) is 0. The average molecular weight is 574 g/mol.